The van der Waals surface area contributed by atoms with Gasteiger partial charge in [0.05, 0.1) is 10.8 Å². The molecule has 132 valence electrons. The van der Waals surface area contributed by atoms with Gasteiger partial charge in [0.1, 0.15) is 0 Å². The highest BCUT2D eigenvalue weighted by Gasteiger charge is 2.42. The fourth-order valence-corrected chi connectivity index (χ4v) is 4.78. The molecule has 2 fully saturated rings. The normalized spacial score (nSPS) is 26.2. The van der Waals surface area contributed by atoms with Gasteiger partial charge in [0.2, 0.25) is 0 Å². The summed E-state index contributed by atoms with van der Waals surface area (Å²) in [5, 5.41) is 11.4. The van der Waals surface area contributed by atoms with E-state index in [0.29, 0.717) is 18.5 Å². The summed E-state index contributed by atoms with van der Waals surface area (Å²) in [5.74, 6) is -0.171. The van der Waals surface area contributed by atoms with Crippen LogP contribution in [0.1, 0.15) is 36.4 Å². The van der Waals surface area contributed by atoms with Gasteiger partial charge in [0.15, 0.2) is 0 Å². The van der Waals surface area contributed by atoms with Gasteiger partial charge in [-0.15, -0.1) is 11.3 Å². The minimum Gasteiger partial charge on any atom is -0.481 e. The lowest BCUT2D eigenvalue weighted by Gasteiger charge is -2.36. The van der Waals surface area contributed by atoms with E-state index in [1.165, 1.54) is 11.3 Å². The van der Waals surface area contributed by atoms with Crippen molar-refractivity contribution < 1.29 is 14.7 Å². The van der Waals surface area contributed by atoms with Crippen molar-refractivity contribution in [3.8, 4) is 0 Å². The van der Waals surface area contributed by atoms with Crippen LogP contribution in [0.25, 0.3) is 0 Å². The fraction of sp³-hybridized carbons (Fsp3) is 0.667. The van der Waals surface area contributed by atoms with Gasteiger partial charge in [-0.1, -0.05) is 19.9 Å². The molecule has 3 rings (SSSR count). The number of nitrogens with zero attached hydrogens (tertiary/aromatic N) is 2. The topological polar surface area (TPSA) is 60.9 Å². The Morgan fingerprint density at radius 1 is 1.25 bits per heavy atom. The van der Waals surface area contributed by atoms with E-state index < -0.39 is 5.97 Å². The van der Waals surface area contributed by atoms with Gasteiger partial charge in [0, 0.05) is 32.2 Å². The lowest BCUT2D eigenvalue weighted by Crippen LogP contribution is -2.46. The fourth-order valence-electron chi connectivity index (χ4n) is 4.09. The highest BCUT2D eigenvalue weighted by atomic mass is 32.1. The van der Waals surface area contributed by atoms with Crippen LogP contribution in [0.15, 0.2) is 17.5 Å². The minimum absolute atomic E-state index is 0.133. The maximum Gasteiger partial charge on any atom is 0.308 e. The Balaban J connectivity index is 1.57. The molecule has 24 heavy (non-hydrogen) atoms. The molecule has 0 spiro atoms. The third-order valence-electron chi connectivity index (χ3n) is 5.57. The SMILES string of the molecule is CC(C)[C@@H]1CN(C2CCN(C(=O)c3cccs3)CC2)C[C@H]1C(=O)O. The second-order valence-electron chi connectivity index (χ2n) is 7.31. The van der Waals surface area contributed by atoms with Crippen molar-refractivity contribution in [3.63, 3.8) is 0 Å². The summed E-state index contributed by atoms with van der Waals surface area (Å²) in [5.41, 5.74) is 0. The molecular formula is C18H26N2O3S. The molecule has 2 saturated heterocycles. The Morgan fingerprint density at radius 2 is 1.96 bits per heavy atom. The third kappa shape index (κ3) is 3.49. The number of amides is 1. The quantitative estimate of drug-likeness (QED) is 0.907. The first kappa shape index (κ1) is 17.4. The number of carbonyl (C=O) groups is 2. The molecule has 0 aliphatic carbocycles. The summed E-state index contributed by atoms with van der Waals surface area (Å²) < 4.78 is 0. The molecule has 2 aliphatic rings. The Kier molecular flexibility index (Phi) is 5.25. The maximum absolute atomic E-state index is 12.4. The van der Waals surface area contributed by atoms with Crippen LogP contribution in [0.4, 0.5) is 0 Å². The molecule has 1 aromatic heterocycles. The first-order valence-corrected chi connectivity index (χ1v) is 9.65. The monoisotopic (exact) mass is 350 g/mol. The van der Waals surface area contributed by atoms with Crippen molar-refractivity contribution in [2.24, 2.45) is 17.8 Å². The van der Waals surface area contributed by atoms with E-state index in [9.17, 15) is 14.7 Å². The Labute approximate surface area is 147 Å². The molecule has 0 radical (unpaired) electrons. The first-order chi connectivity index (χ1) is 11.5. The highest BCUT2D eigenvalue weighted by Crippen LogP contribution is 2.33. The molecule has 1 aromatic rings. The number of aliphatic carboxylic acids is 1. The largest absolute Gasteiger partial charge is 0.481 e. The van der Waals surface area contributed by atoms with E-state index in [1.54, 1.807) is 0 Å². The van der Waals surface area contributed by atoms with E-state index >= 15 is 0 Å². The predicted molar refractivity (Wildman–Crippen MR) is 94.3 cm³/mol. The second-order valence-corrected chi connectivity index (χ2v) is 8.25. The number of thiophene rings is 1. The average Bonchev–Trinajstić information content (AvgIpc) is 3.24. The zero-order valence-corrected chi connectivity index (χ0v) is 15.2. The van der Waals surface area contributed by atoms with Gasteiger partial charge < -0.3 is 10.0 Å². The maximum atomic E-state index is 12.4. The molecule has 6 heteroatoms. The second kappa shape index (κ2) is 7.23. The zero-order valence-electron chi connectivity index (χ0n) is 14.4. The average molecular weight is 350 g/mol. The summed E-state index contributed by atoms with van der Waals surface area (Å²) in [4.78, 5) is 29.1. The van der Waals surface area contributed by atoms with Crippen molar-refractivity contribution in [2.45, 2.75) is 32.7 Å². The Morgan fingerprint density at radius 3 is 2.46 bits per heavy atom. The van der Waals surface area contributed by atoms with Gasteiger partial charge in [-0.05, 0) is 36.1 Å². The van der Waals surface area contributed by atoms with E-state index in [4.69, 9.17) is 0 Å². The molecule has 5 nitrogen and oxygen atoms in total. The van der Waals surface area contributed by atoms with E-state index in [0.717, 1.165) is 37.4 Å². The molecular weight excluding hydrogens is 324 g/mol. The van der Waals surface area contributed by atoms with Crippen molar-refractivity contribution >= 4 is 23.2 Å². The number of carboxylic acid groups (broad SMARTS) is 1. The number of hydrogen-bond acceptors (Lipinski definition) is 4. The Bertz CT molecular complexity index is 579. The molecule has 1 N–H and O–H groups in total. The van der Waals surface area contributed by atoms with Crippen molar-refractivity contribution in [2.75, 3.05) is 26.2 Å². The number of carboxylic acids is 1. The smallest absolute Gasteiger partial charge is 0.308 e. The van der Waals surface area contributed by atoms with Crippen LogP contribution < -0.4 is 0 Å². The standard InChI is InChI=1S/C18H26N2O3S/c1-12(2)14-10-20(11-15(14)18(22)23)13-5-7-19(8-6-13)17(21)16-4-3-9-24-16/h3-4,9,12-15H,5-8,10-11H2,1-2H3,(H,22,23)/t14-,15+/m0/s1. The number of likely N-dealkylation sites (tertiary alicyclic amines) is 2. The van der Waals surface area contributed by atoms with Crippen molar-refractivity contribution in [3.05, 3.63) is 22.4 Å². The molecule has 3 heterocycles. The van der Waals surface area contributed by atoms with Gasteiger partial charge in [-0.25, -0.2) is 0 Å². The highest BCUT2D eigenvalue weighted by molar-refractivity contribution is 7.12. The van der Waals surface area contributed by atoms with Gasteiger partial charge in [0.25, 0.3) is 5.91 Å². The molecule has 0 aromatic carbocycles. The predicted octanol–water partition coefficient (Wildman–Crippen LogP) is 2.64. The van der Waals surface area contributed by atoms with Crippen LogP contribution in [0.3, 0.4) is 0 Å². The van der Waals surface area contributed by atoms with Gasteiger partial charge in [-0.2, -0.15) is 0 Å². The van der Waals surface area contributed by atoms with E-state index in [-0.39, 0.29) is 17.7 Å². The lowest BCUT2D eigenvalue weighted by molar-refractivity contribution is -0.143. The van der Waals surface area contributed by atoms with Crippen LogP contribution in [-0.2, 0) is 4.79 Å². The number of rotatable bonds is 4. The van der Waals surface area contributed by atoms with Gasteiger partial charge >= 0.3 is 5.97 Å². The van der Waals surface area contributed by atoms with Crippen LogP contribution in [0, 0.1) is 17.8 Å². The Hall–Kier alpha value is -1.40. The van der Waals surface area contributed by atoms with Crippen LogP contribution in [0.5, 0.6) is 0 Å². The molecule has 0 saturated carbocycles. The summed E-state index contributed by atoms with van der Waals surface area (Å²) in [6, 6.07) is 4.19. The summed E-state index contributed by atoms with van der Waals surface area (Å²) in [7, 11) is 0. The molecule has 2 atom stereocenters. The van der Waals surface area contributed by atoms with Crippen molar-refractivity contribution in [1.29, 1.82) is 0 Å². The van der Waals surface area contributed by atoms with E-state index in [2.05, 4.69) is 18.7 Å². The summed E-state index contributed by atoms with van der Waals surface area (Å²) >= 11 is 1.49. The molecule has 1 amide bonds. The number of hydrogen-bond donors (Lipinski definition) is 1. The van der Waals surface area contributed by atoms with Crippen molar-refractivity contribution in [1.82, 2.24) is 9.80 Å². The molecule has 2 aliphatic heterocycles. The van der Waals surface area contributed by atoms with Crippen LogP contribution in [-0.4, -0.2) is 59.0 Å². The number of piperidine rings is 1. The minimum atomic E-state index is -0.665. The molecule has 0 unspecified atom stereocenters. The number of carbonyl (C=O) groups excluding carboxylic acids is 1. The summed E-state index contributed by atoms with van der Waals surface area (Å²) in [6.45, 7) is 7.29. The first-order valence-electron chi connectivity index (χ1n) is 8.77. The van der Waals surface area contributed by atoms with Gasteiger partial charge in [-0.3, -0.25) is 14.5 Å². The molecule has 0 bridgehead atoms. The summed E-state index contributed by atoms with van der Waals surface area (Å²) in [6.07, 6.45) is 1.88. The van der Waals surface area contributed by atoms with Crippen LogP contribution >= 0.6 is 11.3 Å². The van der Waals surface area contributed by atoms with Crippen LogP contribution in [0.2, 0.25) is 0 Å². The zero-order chi connectivity index (χ0) is 17.3. The lowest BCUT2D eigenvalue weighted by atomic mass is 9.86. The third-order valence-corrected chi connectivity index (χ3v) is 6.42. The van der Waals surface area contributed by atoms with E-state index in [1.807, 2.05) is 22.4 Å².